The fourth-order valence-electron chi connectivity index (χ4n) is 4.51. The first-order valence-corrected chi connectivity index (χ1v) is 11.0. The van der Waals surface area contributed by atoms with Crippen LogP contribution in [0.4, 0.5) is 5.82 Å². The van der Waals surface area contributed by atoms with Crippen LogP contribution in [0.5, 0.6) is 0 Å². The Balaban J connectivity index is 0.000000177. The Labute approximate surface area is 191 Å². The van der Waals surface area contributed by atoms with Gasteiger partial charge in [0.1, 0.15) is 12.0 Å². The van der Waals surface area contributed by atoms with Crippen LogP contribution in [0.2, 0.25) is 10.0 Å². The van der Waals surface area contributed by atoms with E-state index in [0.717, 1.165) is 18.2 Å². The molecule has 1 saturated carbocycles. The van der Waals surface area contributed by atoms with Crippen LogP contribution in [0.3, 0.4) is 0 Å². The van der Waals surface area contributed by atoms with Crippen molar-refractivity contribution in [3.05, 3.63) is 52.4 Å². The second-order valence-corrected chi connectivity index (χ2v) is 9.23. The smallest absolute Gasteiger partial charge is 0.163 e. The molecule has 3 aromatic rings. The average Bonchev–Trinajstić information content (AvgIpc) is 3.43. The zero-order valence-corrected chi connectivity index (χ0v) is 19.1. The van der Waals surface area contributed by atoms with Crippen molar-refractivity contribution in [3.63, 3.8) is 0 Å². The molecule has 1 aromatic carbocycles. The Kier molecular flexibility index (Phi) is 6.42. The number of H-pyrrole nitrogens is 1. The molecule has 7 nitrogen and oxygen atoms in total. The van der Waals surface area contributed by atoms with E-state index >= 15 is 0 Å². The first kappa shape index (κ1) is 22.3. The second-order valence-electron chi connectivity index (χ2n) is 8.42. The maximum atomic E-state index is 8.60. The molecule has 2 aromatic heterocycles. The molecule has 1 aliphatic carbocycles. The molecule has 9 heteroatoms. The van der Waals surface area contributed by atoms with Crippen LogP contribution in [-0.4, -0.2) is 38.2 Å². The van der Waals surface area contributed by atoms with Gasteiger partial charge in [0.15, 0.2) is 11.6 Å². The van der Waals surface area contributed by atoms with Crippen LogP contribution in [0, 0.1) is 5.92 Å². The summed E-state index contributed by atoms with van der Waals surface area (Å²) in [6, 6.07) is 7.70. The zero-order chi connectivity index (χ0) is 22.2. The first-order chi connectivity index (χ1) is 14.8. The number of anilines is 1. The molecular formula is C22H26Cl2N4O3. The number of halogens is 2. The number of hydrogen-bond donors (Lipinski definition) is 3. The third-order valence-electron chi connectivity index (χ3n) is 6.00. The lowest BCUT2D eigenvalue weighted by molar-refractivity contribution is -0.157. The van der Waals surface area contributed by atoms with Crippen molar-refractivity contribution in [2.75, 3.05) is 5.48 Å². The third-order valence-corrected chi connectivity index (χ3v) is 6.74. The van der Waals surface area contributed by atoms with Crippen LogP contribution in [0.1, 0.15) is 45.1 Å². The minimum Gasteiger partial charge on any atom is -0.346 e. The standard InChI is InChI=1S/C16H20Cl2O2.C6H6N4O/c1-9(10-4-6-12(17)13(18)8-10)11-5-7-14-15(11)20-16(2,3)19-14;11-10-6-4-1-2-7-5(4)8-3-9-6/h4,6,8-9,11,14-15H,5,7H2,1-3H3;1-3,11H,(H2,7,8,9,10). The van der Waals surface area contributed by atoms with E-state index in [1.165, 1.54) is 11.9 Å². The van der Waals surface area contributed by atoms with Gasteiger partial charge in [0.05, 0.1) is 27.6 Å². The maximum Gasteiger partial charge on any atom is 0.163 e. The topological polar surface area (TPSA) is 92.3 Å². The highest BCUT2D eigenvalue weighted by Gasteiger charge is 2.50. The third kappa shape index (κ3) is 4.66. The number of aromatic amines is 1. The molecule has 3 heterocycles. The molecule has 5 rings (SSSR count). The van der Waals surface area contributed by atoms with Gasteiger partial charge in [-0.3, -0.25) is 10.7 Å². The second kappa shape index (κ2) is 8.92. The van der Waals surface area contributed by atoms with Crippen LogP contribution >= 0.6 is 23.2 Å². The Morgan fingerprint density at radius 3 is 2.71 bits per heavy atom. The highest BCUT2D eigenvalue weighted by Crippen LogP contribution is 2.47. The highest BCUT2D eigenvalue weighted by atomic mass is 35.5. The molecule has 31 heavy (non-hydrogen) atoms. The number of ether oxygens (including phenoxy) is 2. The number of aromatic nitrogens is 3. The van der Waals surface area contributed by atoms with Gasteiger partial charge in [-0.25, -0.2) is 9.97 Å². The van der Waals surface area contributed by atoms with Crippen LogP contribution < -0.4 is 5.48 Å². The van der Waals surface area contributed by atoms with Crippen molar-refractivity contribution in [2.24, 2.45) is 5.92 Å². The van der Waals surface area contributed by atoms with Crippen molar-refractivity contribution >= 4 is 40.1 Å². The van der Waals surface area contributed by atoms with Crippen LogP contribution in [-0.2, 0) is 9.47 Å². The largest absolute Gasteiger partial charge is 0.346 e. The summed E-state index contributed by atoms with van der Waals surface area (Å²) in [5, 5.41) is 10.6. The Morgan fingerprint density at radius 2 is 1.97 bits per heavy atom. The minimum atomic E-state index is -0.453. The van der Waals surface area contributed by atoms with E-state index in [1.807, 2.05) is 31.5 Å². The molecule has 166 valence electrons. The SMILES string of the molecule is CC(c1ccc(Cl)c(Cl)c1)C1CCC2OC(C)(C)OC21.ONc1ncnc2[nH]ccc12. The van der Waals surface area contributed by atoms with Gasteiger partial charge in [-0.1, -0.05) is 36.2 Å². The molecule has 3 N–H and O–H groups in total. The summed E-state index contributed by atoms with van der Waals surface area (Å²) >= 11 is 12.1. The lowest BCUT2D eigenvalue weighted by Gasteiger charge is -2.26. The van der Waals surface area contributed by atoms with E-state index in [1.54, 1.807) is 12.3 Å². The Bertz CT molecular complexity index is 1060. The van der Waals surface area contributed by atoms with E-state index in [4.69, 9.17) is 37.9 Å². The van der Waals surface area contributed by atoms with Crippen molar-refractivity contribution in [3.8, 4) is 0 Å². The molecule has 2 aliphatic rings. The predicted octanol–water partition coefficient (Wildman–Crippen LogP) is 5.79. The van der Waals surface area contributed by atoms with Gasteiger partial charge in [-0.15, -0.1) is 0 Å². The lowest BCUT2D eigenvalue weighted by atomic mass is 9.85. The molecule has 0 radical (unpaired) electrons. The first-order valence-electron chi connectivity index (χ1n) is 10.3. The van der Waals surface area contributed by atoms with Gasteiger partial charge < -0.3 is 14.5 Å². The number of nitrogens with one attached hydrogen (secondary N) is 2. The van der Waals surface area contributed by atoms with Gasteiger partial charge in [-0.05, 0) is 62.3 Å². The molecule has 4 atom stereocenters. The molecule has 2 fully saturated rings. The van der Waals surface area contributed by atoms with E-state index in [-0.39, 0.29) is 12.2 Å². The summed E-state index contributed by atoms with van der Waals surface area (Å²) in [7, 11) is 0. The van der Waals surface area contributed by atoms with Crippen molar-refractivity contribution in [2.45, 2.75) is 57.5 Å². The minimum absolute atomic E-state index is 0.189. The molecular weight excluding hydrogens is 439 g/mol. The van der Waals surface area contributed by atoms with E-state index in [0.29, 0.717) is 33.3 Å². The monoisotopic (exact) mass is 464 g/mol. The Hall–Kier alpha value is -1.90. The van der Waals surface area contributed by atoms with Crippen molar-refractivity contribution < 1.29 is 14.7 Å². The molecule has 4 unspecified atom stereocenters. The summed E-state index contributed by atoms with van der Waals surface area (Å²) in [6.07, 6.45) is 5.74. The normalized spacial score (nSPS) is 25.0. The maximum absolute atomic E-state index is 8.60. The number of fused-ring (bicyclic) bond motifs is 2. The molecule has 0 amide bonds. The van der Waals surface area contributed by atoms with E-state index in [2.05, 4.69) is 27.9 Å². The van der Waals surface area contributed by atoms with Gasteiger partial charge in [0.2, 0.25) is 0 Å². The summed E-state index contributed by atoms with van der Waals surface area (Å²) in [5.41, 5.74) is 3.91. The quantitative estimate of drug-likeness (QED) is 0.425. The molecule has 1 saturated heterocycles. The van der Waals surface area contributed by atoms with Gasteiger partial charge in [0, 0.05) is 6.20 Å². The summed E-state index contributed by atoms with van der Waals surface area (Å²) in [5.74, 6) is 0.818. The van der Waals surface area contributed by atoms with Gasteiger partial charge >= 0.3 is 0 Å². The fraction of sp³-hybridized carbons (Fsp3) is 0.455. The van der Waals surface area contributed by atoms with Crippen molar-refractivity contribution in [1.82, 2.24) is 15.0 Å². The zero-order valence-electron chi connectivity index (χ0n) is 17.6. The number of nitrogens with zero attached hydrogens (tertiary/aromatic N) is 2. The molecule has 0 bridgehead atoms. The number of benzene rings is 1. The van der Waals surface area contributed by atoms with Crippen molar-refractivity contribution in [1.29, 1.82) is 0 Å². The highest BCUT2D eigenvalue weighted by molar-refractivity contribution is 6.42. The van der Waals surface area contributed by atoms with E-state index < -0.39 is 5.79 Å². The summed E-state index contributed by atoms with van der Waals surface area (Å²) < 4.78 is 12.1. The van der Waals surface area contributed by atoms with Gasteiger partial charge in [0.25, 0.3) is 0 Å². The van der Waals surface area contributed by atoms with E-state index in [9.17, 15) is 0 Å². The Morgan fingerprint density at radius 1 is 1.16 bits per heavy atom. The van der Waals surface area contributed by atoms with Gasteiger partial charge in [-0.2, -0.15) is 0 Å². The molecule has 1 aliphatic heterocycles. The predicted molar refractivity (Wildman–Crippen MR) is 121 cm³/mol. The summed E-state index contributed by atoms with van der Waals surface area (Å²) in [6.45, 7) is 6.22. The van der Waals surface area contributed by atoms with Crippen LogP contribution in [0.15, 0.2) is 36.8 Å². The number of hydrogen-bond acceptors (Lipinski definition) is 6. The lowest BCUT2D eigenvalue weighted by Crippen LogP contribution is -2.28. The van der Waals surface area contributed by atoms with Crippen LogP contribution in [0.25, 0.3) is 11.0 Å². The summed E-state index contributed by atoms with van der Waals surface area (Å²) in [4.78, 5) is 10.6. The fourth-order valence-corrected chi connectivity index (χ4v) is 4.82. The average molecular weight is 465 g/mol. The molecule has 0 spiro atoms. The number of rotatable bonds is 3.